The van der Waals surface area contributed by atoms with Crippen molar-refractivity contribution in [3.63, 3.8) is 0 Å². The van der Waals surface area contributed by atoms with Gasteiger partial charge in [-0.1, -0.05) is 54.6 Å². The molecule has 0 spiro atoms. The second-order valence-electron chi connectivity index (χ2n) is 7.20. The Morgan fingerprint density at radius 1 is 1.03 bits per heavy atom. The molecule has 0 aromatic heterocycles. The van der Waals surface area contributed by atoms with E-state index >= 15 is 0 Å². The van der Waals surface area contributed by atoms with Gasteiger partial charge in [0.2, 0.25) is 0 Å². The minimum Gasteiger partial charge on any atom is -0.493 e. The molecule has 30 heavy (non-hydrogen) atoms. The molecular weight excluding hydrogens is 381 g/mol. The first kappa shape index (κ1) is 20.0. The Labute approximate surface area is 175 Å². The Morgan fingerprint density at radius 3 is 2.60 bits per heavy atom. The van der Waals surface area contributed by atoms with E-state index < -0.39 is 12.1 Å². The lowest BCUT2D eigenvalue weighted by Crippen LogP contribution is -2.41. The molecule has 1 heterocycles. The zero-order valence-electron chi connectivity index (χ0n) is 16.9. The topological polar surface area (TPSA) is 38.8 Å². The molecule has 0 fully saturated rings. The summed E-state index contributed by atoms with van der Waals surface area (Å²) in [5, 5.41) is 0. The van der Waals surface area contributed by atoms with Crippen LogP contribution in [0.4, 0.5) is 9.18 Å². The number of fused-ring (bicyclic) bond motifs is 1. The van der Waals surface area contributed by atoms with Crippen LogP contribution in [0.3, 0.4) is 0 Å². The van der Waals surface area contributed by atoms with Crippen molar-refractivity contribution in [3.8, 4) is 5.75 Å². The maximum absolute atomic E-state index is 14.2. The number of hydrogen-bond acceptors (Lipinski definition) is 3. The van der Waals surface area contributed by atoms with E-state index in [-0.39, 0.29) is 12.4 Å². The summed E-state index contributed by atoms with van der Waals surface area (Å²) >= 11 is 0. The number of nitrogens with zero attached hydrogens (tertiary/aromatic N) is 1. The van der Waals surface area contributed by atoms with Crippen LogP contribution < -0.4 is 4.74 Å². The first-order valence-corrected chi connectivity index (χ1v) is 10.1. The summed E-state index contributed by atoms with van der Waals surface area (Å²) in [7, 11) is 0. The first-order chi connectivity index (χ1) is 14.7. The summed E-state index contributed by atoms with van der Waals surface area (Å²) in [6.45, 7) is 3.00. The van der Waals surface area contributed by atoms with Crippen molar-refractivity contribution in [3.05, 3.63) is 101 Å². The van der Waals surface area contributed by atoms with Gasteiger partial charge in [0.1, 0.15) is 18.2 Å². The summed E-state index contributed by atoms with van der Waals surface area (Å²) in [6.07, 6.45) is 0.289. The molecule has 3 aromatic rings. The Kier molecular flexibility index (Phi) is 5.98. The molecular formula is C25H24FNO3. The lowest BCUT2D eigenvalue weighted by Gasteiger charge is -2.37. The van der Waals surface area contributed by atoms with Crippen LogP contribution in [-0.2, 0) is 17.8 Å². The third-order valence-electron chi connectivity index (χ3n) is 5.29. The molecule has 0 bridgehead atoms. The number of carbonyl (C=O) groups excluding carboxylic acids is 1. The van der Waals surface area contributed by atoms with Crippen molar-refractivity contribution in [2.75, 3.05) is 13.2 Å². The summed E-state index contributed by atoms with van der Waals surface area (Å²) in [5.41, 5.74) is 3.65. The van der Waals surface area contributed by atoms with E-state index in [1.165, 1.54) is 12.1 Å². The largest absolute Gasteiger partial charge is 0.493 e. The number of ether oxygens (including phenoxy) is 2. The number of halogens is 1. The van der Waals surface area contributed by atoms with E-state index in [0.717, 1.165) is 16.7 Å². The molecule has 3 aromatic carbocycles. The summed E-state index contributed by atoms with van der Waals surface area (Å²) in [5.74, 6) is 0.204. The number of rotatable bonds is 5. The third kappa shape index (κ3) is 4.15. The average molecular weight is 405 g/mol. The fourth-order valence-corrected chi connectivity index (χ4v) is 3.92. The summed E-state index contributed by atoms with van der Waals surface area (Å²) in [4.78, 5) is 14.8. The molecule has 4 nitrogen and oxygen atoms in total. The van der Waals surface area contributed by atoms with Crippen LogP contribution in [0.1, 0.15) is 35.2 Å². The van der Waals surface area contributed by atoms with Gasteiger partial charge in [-0.15, -0.1) is 0 Å². The highest BCUT2D eigenvalue weighted by Crippen LogP contribution is 2.40. The van der Waals surface area contributed by atoms with E-state index in [9.17, 15) is 9.18 Å². The number of carbonyl (C=O) groups is 1. The summed E-state index contributed by atoms with van der Waals surface area (Å²) in [6, 6.07) is 21.5. The van der Waals surface area contributed by atoms with Crippen molar-refractivity contribution in [2.45, 2.75) is 26.0 Å². The van der Waals surface area contributed by atoms with Gasteiger partial charge in [-0.2, -0.15) is 0 Å². The molecule has 0 aliphatic carbocycles. The van der Waals surface area contributed by atoms with Crippen molar-refractivity contribution >= 4 is 6.09 Å². The highest BCUT2D eigenvalue weighted by molar-refractivity contribution is 5.70. The number of amides is 1. The highest BCUT2D eigenvalue weighted by Gasteiger charge is 2.35. The minimum absolute atomic E-state index is 0.187. The predicted molar refractivity (Wildman–Crippen MR) is 113 cm³/mol. The fraction of sp³-hybridized carbons (Fsp3) is 0.240. The second kappa shape index (κ2) is 8.99. The Hall–Kier alpha value is -3.34. The van der Waals surface area contributed by atoms with Gasteiger partial charge in [-0.05, 0) is 48.2 Å². The third-order valence-corrected chi connectivity index (χ3v) is 5.29. The Bertz CT molecular complexity index is 1020. The van der Waals surface area contributed by atoms with Crippen LogP contribution in [-0.4, -0.2) is 24.1 Å². The highest BCUT2D eigenvalue weighted by atomic mass is 19.1. The van der Waals surface area contributed by atoms with Gasteiger partial charge in [0.15, 0.2) is 0 Å². The molecule has 0 N–H and O–H groups in total. The van der Waals surface area contributed by atoms with E-state index in [1.807, 2.05) is 55.5 Å². The van der Waals surface area contributed by atoms with Crippen LogP contribution in [0.5, 0.6) is 5.75 Å². The van der Waals surface area contributed by atoms with E-state index in [2.05, 4.69) is 6.07 Å². The van der Waals surface area contributed by atoms with Gasteiger partial charge < -0.3 is 9.47 Å². The van der Waals surface area contributed by atoms with Crippen LogP contribution in [0, 0.1) is 5.82 Å². The molecule has 1 atom stereocenters. The Morgan fingerprint density at radius 2 is 1.80 bits per heavy atom. The number of benzene rings is 3. The molecule has 0 saturated carbocycles. The normalized spacial score (nSPS) is 15.4. The maximum atomic E-state index is 14.2. The van der Waals surface area contributed by atoms with Gasteiger partial charge in [0.25, 0.3) is 0 Å². The average Bonchev–Trinajstić information content (AvgIpc) is 2.79. The molecule has 1 amide bonds. The lowest BCUT2D eigenvalue weighted by atomic mass is 9.88. The lowest BCUT2D eigenvalue weighted by molar-refractivity contribution is 0.0831. The van der Waals surface area contributed by atoms with Gasteiger partial charge in [-0.3, -0.25) is 4.90 Å². The van der Waals surface area contributed by atoms with E-state index in [1.54, 1.807) is 11.0 Å². The minimum atomic E-state index is -0.476. The van der Waals surface area contributed by atoms with Gasteiger partial charge >= 0.3 is 6.09 Å². The van der Waals surface area contributed by atoms with Gasteiger partial charge in [0.05, 0.1) is 12.6 Å². The second-order valence-corrected chi connectivity index (χ2v) is 7.20. The smallest absolute Gasteiger partial charge is 0.410 e. The zero-order valence-corrected chi connectivity index (χ0v) is 16.9. The summed E-state index contributed by atoms with van der Waals surface area (Å²) < 4.78 is 25.6. The molecule has 1 aliphatic rings. The quantitative estimate of drug-likeness (QED) is 0.562. The van der Waals surface area contributed by atoms with Gasteiger partial charge in [-0.25, -0.2) is 9.18 Å². The SMILES string of the molecule is CCOc1ccc(F)cc1[C@@H]1c2ccccc2CCN1C(=O)OCc1ccccc1. The van der Waals surface area contributed by atoms with Crippen LogP contribution in [0.25, 0.3) is 0 Å². The maximum Gasteiger partial charge on any atom is 0.410 e. The van der Waals surface area contributed by atoms with Crippen molar-refractivity contribution in [1.29, 1.82) is 0 Å². The van der Waals surface area contributed by atoms with Crippen molar-refractivity contribution in [2.24, 2.45) is 0 Å². The molecule has 0 radical (unpaired) electrons. The molecule has 0 unspecified atom stereocenters. The molecule has 0 saturated heterocycles. The monoisotopic (exact) mass is 405 g/mol. The molecule has 4 rings (SSSR count). The van der Waals surface area contributed by atoms with Crippen LogP contribution >= 0.6 is 0 Å². The predicted octanol–water partition coefficient (Wildman–Crippen LogP) is 5.51. The first-order valence-electron chi connectivity index (χ1n) is 10.1. The fourth-order valence-electron chi connectivity index (χ4n) is 3.92. The van der Waals surface area contributed by atoms with Crippen LogP contribution in [0.15, 0.2) is 72.8 Å². The van der Waals surface area contributed by atoms with Gasteiger partial charge in [0, 0.05) is 12.1 Å². The van der Waals surface area contributed by atoms with E-state index in [0.29, 0.717) is 30.9 Å². The zero-order chi connectivity index (χ0) is 20.9. The Balaban J connectivity index is 1.70. The van der Waals surface area contributed by atoms with Crippen LogP contribution in [0.2, 0.25) is 0 Å². The van der Waals surface area contributed by atoms with Crippen molar-refractivity contribution < 1.29 is 18.7 Å². The standard InChI is InChI=1S/C25H24FNO3/c1-2-29-23-13-12-20(26)16-22(23)24-21-11-7-6-10-19(21)14-15-27(24)25(28)30-17-18-8-4-3-5-9-18/h3-13,16,24H,2,14-15,17H2,1H3/t24-/m0/s1. The number of hydrogen-bond donors (Lipinski definition) is 0. The molecule has 1 aliphatic heterocycles. The molecule has 154 valence electrons. The van der Waals surface area contributed by atoms with E-state index in [4.69, 9.17) is 9.47 Å². The van der Waals surface area contributed by atoms with Crippen molar-refractivity contribution in [1.82, 2.24) is 4.90 Å². The molecule has 5 heteroatoms.